The average molecular weight is 517 g/mol. The summed E-state index contributed by atoms with van der Waals surface area (Å²) in [5, 5.41) is 6.90. The SMILES string of the molecule is Cc1cc2cc(NC(=N[C@H]3CCCCN(CC(=O)N4CCCC4)C3=O)NC(=O)c3cccnc3)ccc2o1. The maximum absolute atomic E-state index is 13.5. The Labute approximate surface area is 221 Å². The van der Waals surface area contributed by atoms with Gasteiger partial charge in [0.05, 0.1) is 12.1 Å². The normalized spacial score (nSPS) is 18.5. The first kappa shape index (κ1) is 25.4. The van der Waals surface area contributed by atoms with Crippen molar-refractivity contribution in [2.75, 3.05) is 31.5 Å². The quantitative estimate of drug-likeness (QED) is 0.397. The topological polar surface area (TPSA) is 120 Å². The number of hydrogen-bond donors (Lipinski definition) is 2. The molecule has 2 fully saturated rings. The fourth-order valence-electron chi connectivity index (χ4n) is 4.91. The second kappa shape index (κ2) is 11.5. The van der Waals surface area contributed by atoms with Crippen LogP contribution in [-0.2, 0) is 9.59 Å². The highest BCUT2D eigenvalue weighted by molar-refractivity contribution is 6.10. The van der Waals surface area contributed by atoms with E-state index in [2.05, 4.69) is 15.6 Å². The Hall–Kier alpha value is -4.21. The number of nitrogens with one attached hydrogen (secondary N) is 2. The fraction of sp³-hybridized carbons (Fsp3) is 0.393. The summed E-state index contributed by atoms with van der Waals surface area (Å²) in [5.74, 6) is 0.332. The summed E-state index contributed by atoms with van der Waals surface area (Å²) in [5.41, 5.74) is 1.81. The van der Waals surface area contributed by atoms with Crippen LogP contribution >= 0.6 is 0 Å². The van der Waals surface area contributed by atoms with Crippen LogP contribution in [0.4, 0.5) is 5.69 Å². The number of carbonyl (C=O) groups excluding carboxylic acids is 3. The fourth-order valence-corrected chi connectivity index (χ4v) is 4.91. The van der Waals surface area contributed by atoms with E-state index in [0.29, 0.717) is 24.2 Å². The molecule has 2 aliphatic rings. The molecule has 3 aromatic rings. The molecule has 2 saturated heterocycles. The number of carbonyl (C=O) groups is 3. The van der Waals surface area contributed by atoms with Crippen molar-refractivity contribution in [1.82, 2.24) is 20.1 Å². The van der Waals surface area contributed by atoms with Crippen molar-refractivity contribution >= 4 is 40.3 Å². The third kappa shape index (κ3) is 6.01. The van der Waals surface area contributed by atoms with E-state index in [0.717, 1.165) is 55.5 Å². The zero-order chi connectivity index (χ0) is 26.5. The van der Waals surface area contributed by atoms with Gasteiger partial charge < -0.3 is 19.5 Å². The van der Waals surface area contributed by atoms with Crippen LogP contribution < -0.4 is 10.6 Å². The summed E-state index contributed by atoms with van der Waals surface area (Å²) in [7, 11) is 0. The number of aliphatic imine (C=N–C) groups is 1. The molecule has 0 radical (unpaired) electrons. The predicted molar refractivity (Wildman–Crippen MR) is 144 cm³/mol. The van der Waals surface area contributed by atoms with E-state index < -0.39 is 11.9 Å². The van der Waals surface area contributed by atoms with Crippen molar-refractivity contribution in [2.45, 2.75) is 45.1 Å². The number of pyridine rings is 1. The highest BCUT2D eigenvalue weighted by Gasteiger charge is 2.30. The Morgan fingerprint density at radius 2 is 1.92 bits per heavy atom. The average Bonchev–Trinajstić information content (AvgIpc) is 3.55. The molecule has 1 atom stereocenters. The first-order valence-corrected chi connectivity index (χ1v) is 13.1. The molecule has 0 saturated carbocycles. The van der Waals surface area contributed by atoms with Gasteiger partial charge in [-0.25, -0.2) is 4.99 Å². The molecule has 10 heteroatoms. The smallest absolute Gasteiger partial charge is 0.259 e. The van der Waals surface area contributed by atoms with Gasteiger partial charge in [0.1, 0.15) is 17.4 Å². The van der Waals surface area contributed by atoms with Crippen molar-refractivity contribution in [3.8, 4) is 0 Å². The van der Waals surface area contributed by atoms with Gasteiger partial charge in [-0.05, 0) is 75.4 Å². The maximum atomic E-state index is 13.5. The van der Waals surface area contributed by atoms with E-state index in [1.54, 1.807) is 23.2 Å². The second-order valence-electron chi connectivity index (χ2n) is 9.77. The molecule has 0 aliphatic carbocycles. The summed E-state index contributed by atoms with van der Waals surface area (Å²) < 4.78 is 5.66. The number of nitrogens with zero attached hydrogens (tertiary/aromatic N) is 4. The van der Waals surface area contributed by atoms with Gasteiger partial charge in [0, 0.05) is 43.1 Å². The lowest BCUT2D eigenvalue weighted by atomic mass is 10.1. The van der Waals surface area contributed by atoms with Crippen LogP contribution in [0.25, 0.3) is 11.0 Å². The van der Waals surface area contributed by atoms with Gasteiger partial charge in [-0.15, -0.1) is 0 Å². The Kier molecular flexibility index (Phi) is 7.67. The minimum absolute atomic E-state index is 0.0209. The molecule has 5 rings (SSSR count). The van der Waals surface area contributed by atoms with Gasteiger partial charge in [-0.3, -0.25) is 24.7 Å². The molecular formula is C28H32N6O4. The second-order valence-corrected chi connectivity index (χ2v) is 9.77. The van der Waals surface area contributed by atoms with Crippen LogP contribution in [0, 0.1) is 6.92 Å². The molecule has 2 aliphatic heterocycles. The van der Waals surface area contributed by atoms with E-state index in [4.69, 9.17) is 9.41 Å². The van der Waals surface area contributed by atoms with E-state index in [1.807, 2.05) is 36.1 Å². The highest BCUT2D eigenvalue weighted by atomic mass is 16.3. The molecule has 1 aromatic carbocycles. The molecule has 38 heavy (non-hydrogen) atoms. The molecule has 0 spiro atoms. The van der Waals surface area contributed by atoms with Crippen LogP contribution in [0.2, 0.25) is 0 Å². The van der Waals surface area contributed by atoms with E-state index >= 15 is 0 Å². The number of likely N-dealkylation sites (tertiary alicyclic amines) is 2. The Morgan fingerprint density at radius 3 is 2.71 bits per heavy atom. The summed E-state index contributed by atoms with van der Waals surface area (Å²) in [6.45, 7) is 3.96. The van der Waals surface area contributed by atoms with E-state index in [9.17, 15) is 14.4 Å². The summed E-state index contributed by atoms with van der Waals surface area (Å²) in [6, 6.07) is 10.1. The largest absolute Gasteiger partial charge is 0.461 e. The Morgan fingerprint density at radius 1 is 1.11 bits per heavy atom. The van der Waals surface area contributed by atoms with Gasteiger partial charge in [-0.1, -0.05) is 0 Å². The maximum Gasteiger partial charge on any atom is 0.259 e. The lowest BCUT2D eigenvalue weighted by molar-refractivity contribution is -0.140. The summed E-state index contributed by atoms with van der Waals surface area (Å²) in [4.78, 5) is 51.4. The molecular weight excluding hydrogens is 484 g/mol. The molecule has 10 nitrogen and oxygen atoms in total. The van der Waals surface area contributed by atoms with Crippen molar-refractivity contribution in [3.63, 3.8) is 0 Å². The van der Waals surface area contributed by atoms with Gasteiger partial charge in [0.2, 0.25) is 17.8 Å². The van der Waals surface area contributed by atoms with Gasteiger partial charge in [-0.2, -0.15) is 0 Å². The van der Waals surface area contributed by atoms with Gasteiger partial charge in [0.25, 0.3) is 5.91 Å². The minimum atomic E-state index is -0.722. The van der Waals surface area contributed by atoms with Crippen molar-refractivity contribution in [2.24, 2.45) is 4.99 Å². The van der Waals surface area contributed by atoms with Crippen molar-refractivity contribution in [1.29, 1.82) is 0 Å². The van der Waals surface area contributed by atoms with Crippen LogP contribution in [0.5, 0.6) is 0 Å². The lowest BCUT2D eigenvalue weighted by Crippen LogP contribution is -2.45. The van der Waals surface area contributed by atoms with Gasteiger partial charge in [0.15, 0.2) is 0 Å². The molecule has 0 unspecified atom stereocenters. The lowest BCUT2D eigenvalue weighted by Gasteiger charge is -2.25. The van der Waals surface area contributed by atoms with Gasteiger partial charge >= 0.3 is 0 Å². The number of furan rings is 1. The first-order valence-electron chi connectivity index (χ1n) is 13.1. The van der Waals surface area contributed by atoms with Crippen molar-refractivity contribution in [3.05, 3.63) is 60.1 Å². The molecule has 198 valence electrons. The zero-order valence-electron chi connectivity index (χ0n) is 21.5. The zero-order valence-corrected chi connectivity index (χ0v) is 21.5. The standard InChI is InChI=1S/C28H32N6O4/c1-19-15-21-16-22(9-10-24(21)38-19)30-28(32-26(36)20-7-6-11-29-17-20)31-23-8-2-3-14-34(27(23)37)18-25(35)33-12-4-5-13-33/h6-7,9-11,15-17,23H,2-5,8,12-14,18H2,1H3,(H2,30,31,32,36)/t23-/m0/s1. The van der Waals surface area contributed by atoms with Crippen LogP contribution in [-0.4, -0.2) is 70.7 Å². The summed E-state index contributed by atoms with van der Waals surface area (Å²) >= 11 is 0. The predicted octanol–water partition coefficient (Wildman–Crippen LogP) is 3.34. The number of hydrogen-bond acceptors (Lipinski definition) is 6. The van der Waals surface area contributed by atoms with Crippen molar-refractivity contribution < 1.29 is 18.8 Å². The van der Waals surface area contributed by atoms with E-state index in [-0.39, 0.29) is 24.3 Å². The van der Waals surface area contributed by atoms with Crippen LogP contribution in [0.1, 0.15) is 48.2 Å². The monoisotopic (exact) mass is 516 g/mol. The third-order valence-corrected chi connectivity index (χ3v) is 6.88. The Balaban J connectivity index is 1.39. The number of aromatic nitrogens is 1. The number of amides is 3. The molecule has 3 amide bonds. The number of benzene rings is 1. The highest BCUT2D eigenvalue weighted by Crippen LogP contribution is 2.23. The Bertz CT molecular complexity index is 1350. The number of guanidine groups is 1. The first-order chi connectivity index (χ1) is 18.5. The number of fused-ring (bicyclic) bond motifs is 1. The van der Waals surface area contributed by atoms with Crippen LogP contribution in [0.15, 0.2) is 58.2 Å². The third-order valence-electron chi connectivity index (χ3n) is 6.88. The van der Waals surface area contributed by atoms with Crippen LogP contribution in [0.3, 0.4) is 0 Å². The number of anilines is 1. The minimum Gasteiger partial charge on any atom is -0.461 e. The van der Waals surface area contributed by atoms with E-state index in [1.165, 1.54) is 6.20 Å². The number of rotatable bonds is 5. The molecule has 4 heterocycles. The molecule has 2 aromatic heterocycles. The molecule has 0 bridgehead atoms. The number of aryl methyl sites for hydroxylation is 1. The molecule has 2 N–H and O–H groups in total. The summed E-state index contributed by atoms with van der Waals surface area (Å²) in [6.07, 6.45) is 7.18.